The lowest BCUT2D eigenvalue weighted by atomic mass is 10.1. The quantitative estimate of drug-likeness (QED) is 0.884. The van der Waals surface area contributed by atoms with Crippen molar-refractivity contribution in [2.75, 3.05) is 0 Å². The molecule has 1 unspecified atom stereocenters. The molecule has 1 fully saturated rings. The molecule has 20 heavy (non-hydrogen) atoms. The van der Waals surface area contributed by atoms with Crippen LogP contribution >= 0.6 is 11.3 Å². The highest BCUT2D eigenvalue weighted by molar-refractivity contribution is 7.09. The average Bonchev–Trinajstić information content (AvgIpc) is 3.09. The van der Waals surface area contributed by atoms with Crippen LogP contribution in [-0.2, 0) is 0 Å². The maximum atomic E-state index is 12.1. The molecule has 0 aliphatic heterocycles. The fourth-order valence-electron chi connectivity index (χ4n) is 2.01. The number of hydrogen-bond acceptors (Lipinski definition) is 4. The standard InChI is InChI=1S/C14H14F2N2OS/c15-14(16)19-11-5-1-9(2-6-11)12(18-10-3-4-10)13-17-7-8-20-13/h1-2,5-8,10,12,14,18H,3-4H2. The molecule has 3 rings (SSSR count). The predicted molar refractivity (Wildman–Crippen MR) is 73.2 cm³/mol. The molecular formula is C14H14F2N2OS. The molecule has 1 aromatic carbocycles. The Kier molecular flexibility index (Phi) is 3.93. The largest absolute Gasteiger partial charge is 0.435 e. The van der Waals surface area contributed by atoms with Gasteiger partial charge in [0, 0.05) is 17.6 Å². The van der Waals surface area contributed by atoms with E-state index in [1.807, 2.05) is 5.38 Å². The number of hydrogen-bond donors (Lipinski definition) is 1. The summed E-state index contributed by atoms with van der Waals surface area (Å²) >= 11 is 1.59. The van der Waals surface area contributed by atoms with E-state index in [1.54, 1.807) is 41.8 Å². The highest BCUT2D eigenvalue weighted by Gasteiger charge is 2.27. The lowest BCUT2D eigenvalue weighted by molar-refractivity contribution is -0.0498. The van der Waals surface area contributed by atoms with Crippen LogP contribution in [-0.4, -0.2) is 17.6 Å². The molecule has 0 amide bonds. The van der Waals surface area contributed by atoms with Crippen molar-refractivity contribution in [2.45, 2.75) is 31.5 Å². The normalized spacial score (nSPS) is 16.4. The van der Waals surface area contributed by atoms with Gasteiger partial charge in [0.15, 0.2) is 0 Å². The lowest BCUT2D eigenvalue weighted by Crippen LogP contribution is -2.24. The third-order valence-corrected chi connectivity index (χ3v) is 3.96. The Hall–Kier alpha value is -1.53. The smallest absolute Gasteiger partial charge is 0.387 e. The number of rotatable bonds is 6. The number of nitrogens with one attached hydrogen (secondary N) is 1. The highest BCUT2D eigenvalue weighted by Crippen LogP contribution is 2.30. The predicted octanol–water partition coefficient (Wildman–Crippen LogP) is 3.59. The second kappa shape index (κ2) is 5.85. The van der Waals surface area contributed by atoms with Crippen molar-refractivity contribution in [3.8, 4) is 5.75 Å². The molecule has 2 aromatic rings. The minimum atomic E-state index is -2.79. The van der Waals surface area contributed by atoms with E-state index < -0.39 is 6.61 Å². The van der Waals surface area contributed by atoms with Gasteiger partial charge in [-0.3, -0.25) is 0 Å². The Morgan fingerprint density at radius 3 is 2.55 bits per heavy atom. The zero-order chi connectivity index (χ0) is 13.9. The first kappa shape index (κ1) is 13.5. The molecule has 6 heteroatoms. The van der Waals surface area contributed by atoms with Crippen LogP contribution in [0.25, 0.3) is 0 Å². The van der Waals surface area contributed by atoms with Gasteiger partial charge in [-0.1, -0.05) is 12.1 Å². The molecule has 1 N–H and O–H groups in total. The van der Waals surface area contributed by atoms with Crippen molar-refractivity contribution in [2.24, 2.45) is 0 Å². The third kappa shape index (κ3) is 3.32. The van der Waals surface area contributed by atoms with Crippen LogP contribution in [0.1, 0.15) is 29.5 Å². The molecular weight excluding hydrogens is 282 g/mol. The van der Waals surface area contributed by atoms with Gasteiger partial charge in [-0.05, 0) is 30.5 Å². The van der Waals surface area contributed by atoms with E-state index in [1.165, 1.54) is 12.8 Å². The molecule has 1 saturated carbocycles. The van der Waals surface area contributed by atoms with E-state index in [0.29, 0.717) is 6.04 Å². The Balaban J connectivity index is 1.79. The van der Waals surface area contributed by atoms with Gasteiger partial charge in [-0.2, -0.15) is 8.78 Å². The van der Waals surface area contributed by atoms with Crippen molar-refractivity contribution in [1.29, 1.82) is 0 Å². The highest BCUT2D eigenvalue weighted by atomic mass is 32.1. The second-order valence-electron chi connectivity index (χ2n) is 4.69. The molecule has 0 radical (unpaired) electrons. The molecule has 106 valence electrons. The van der Waals surface area contributed by atoms with Gasteiger partial charge in [0.2, 0.25) is 0 Å². The van der Waals surface area contributed by atoms with E-state index in [4.69, 9.17) is 0 Å². The Morgan fingerprint density at radius 2 is 2.00 bits per heavy atom. The number of nitrogens with zero attached hydrogens (tertiary/aromatic N) is 1. The summed E-state index contributed by atoms with van der Waals surface area (Å²) in [5, 5.41) is 6.45. The monoisotopic (exact) mass is 296 g/mol. The zero-order valence-electron chi connectivity index (χ0n) is 10.6. The van der Waals surface area contributed by atoms with Gasteiger partial charge >= 0.3 is 6.61 Å². The third-order valence-electron chi connectivity index (χ3n) is 3.12. The summed E-state index contributed by atoms with van der Waals surface area (Å²) in [6.07, 6.45) is 4.12. The van der Waals surface area contributed by atoms with Crippen LogP contribution in [0, 0.1) is 0 Å². The van der Waals surface area contributed by atoms with E-state index in [0.717, 1.165) is 10.6 Å². The van der Waals surface area contributed by atoms with Gasteiger partial charge in [0.05, 0.1) is 6.04 Å². The summed E-state index contributed by atoms with van der Waals surface area (Å²) in [4.78, 5) is 4.35. The molecule has 1 aliphatic rings. The molecule has 1 heterocycles. The lowest BCUT2D eigenvalue weighted by Gasteiger charge is -2.17. The second-order valence-corrected chi connectivity index (χ2v) is 5.62. The fraction of sp³-hybridized carbons (Fsp3) is 0.357. The minimum Gasteiger partial charge on any atom is -0.435 e. The van der Waals surface area contributed by atoms with E-state index in [2.05, 4.69) is 15.0 Å². The first-order chi connectivity index (χ1) is 9.72. The fourth-order valence-corrected chi connectivity index (χ4v) is 2.74. The van der Waals surface area contributed by atoms with Crippen molar-refractivity contribution in [3.05, 3.63) is 46.4 Å². The Bertz CT molecular complexity index is 541. The first-order valence-corrected chi connectivity index (χ1v) is 7.30. The summed E-state index contributed by atoms with van der Waals surface area (Å²) in [7, 11) is 0. The maximum absolute atomic E-state index is 12.1. The van der Waals surface area contributed by atoms with Gasteiger partial charge in [0.25, 0.3) is 0 Å². The van der Waals surface area contributed by atoms with Crippen LogP contribution in [0.15, 0.2) is 35.8 Å². The summed E-state index contributed by atoms with van der Waals surface area (Å²) in [5.41, 5.74) is 1.01. The molecule has 0 spiro atoms. The maximum Gasteiger partial charge on any atom is 0.387 e. The van der Waals surface area contributed by atoms with E-state index in [-0.39, 0.29) is 11.8 Å². The molecule has 0 saturated heterocycles. The Labute approximate surface area is 119 Å². The van der Waals surface area contributed by atoms with Crippen LogP contribution in [0.5, 0.6) is 5.75 Å². The number of benzene rings is 1. The topological polar surface area (TPSA) is 34.1 Å². The van der Waals surface area contributed by atoms with Gasteiger partial charge in [-0.15, -0.1) is 11.3 Å². The minimum absolute atomic E-state index is 0.0168. The summed E-state index contributed by atoms with van der Waals surface area (Å²) in [6, 6.07) is 7.29. The van der Waals surface area contributed by atoms with Crippen molar-refractivity contribution in [3.63, 3.8) is 0 Å². The Morgan fingerprint density at radius 1 is 1.25 bits per heavy atom. The number of aromatic nitrogens is 1. The molecule has 1 aromatic heterocycles. The van der Waals surface area contributed by atoms with Crippen molar-refractivity contribution >= 4 is 11.3 Å². The van der Waals surface area contributed by atoms with Crippen molar-refractivity contribution in [1.82, 2.24) is 10.3 Å². The zero-order valence-corrected chi connectivity index (χ0v) is 11.4. The first-order valence-electron chi connectivity index (χ1n) is 6.42. The number of alkyl halides is 2. The van der Waals surface area contributed by atoms with Crippen molar-refractivity contribution < 1.29 is 13.5 Å². The van der Waals surface area contributed by atoms with E-state index in [9.17, 15) is 8.78 Å². The average molecular weight is 296 g/mol. The van der Waals surface area contributed by atoms with E-state index >= 15 is 0 Å². The number of thiazole rings is 1. The molecule has 1 atom stereocenters. The van der Waals surface area contributed by atoms with Crippen LogP contribution in [0.3, 0.4) is 0 Å². The summed E-state index contributed by atoms with van der Waals surface area (Å²) < 4.78 is 28.6. The van der Waals surface area contributed by atoms with Crippen LogP contribution in [0.2, 0.25) is 0 Å². The SMILES string of the molecule is FC(F)Oc1ccc(C(NC2CC2)c2nccs2)cc1. The van der Waals surface area contributed by atoms with Gasteiger partial charge in [0.1, 0.15) is 10.8 Å². The van der Waals surface area contributed by atoms with Gasteiger partial charge < -0.3 is 10.1 Å². The molecule has 3 nitrogen and oxygen atoms in total. The number of ether oxygens (including phenoxy) is 1. The summed E-state index contributed by atoms with van der Waals surface area (Å²) in [6.45, 7) is -2.79. The summed E-state index contributed by atoms with van der Waals surface area (Å²) in [5.74, 6) is 0.174. The van der Waals surface area contributed by atoms with Crippen LogP contribution in [0.4, 0.5) is 8.78 Å². The van der Waals surface area contributed by atoms with Crippen LogP contribution < -0.4 is 10.1 Å². The molecule has 0 bridgehead atoms. The number of halogens is 2. The van der Waals surface area contributed by atoms with Gasteiger partial charge in [-0.25, -0.2) is 4.98 Å². The molecule has 1 aliphatic carbocycles.